The highest BCUT2D eigenvalue weighted by Gasteiger charge is 2.37. The summed E-state index contributed by atoms with van der Waals surface area (Å²) in [6.07, 6.45) is 9.91. The third-order valence-electron chi connectivity index (χ3n) is 11.3. The number of anilines is 1. The van der Waals surface area contributed by atoms with Crippen molar-refractivity contribution in [2.75, 3.05) is 39.2 Å². The number of aromatic amines is 2. The predicted octanol–water partition coefficient (Wildman–Crippen LogP) is 8.34. The summed E-state index contributed by atoms with van der Waals surface area (Å²) in [5.41, 5.74) is 8.70. The fourth-order valence-corrected chi connectivity index (χ4v) is 8.04. The van der Waals surface area contributed by atoms with E-state index in [9.17, 15) is 14.4 Å². The van der Waals surface area contributed by atoms with E-state index in [0.717, 1.165) is 76.4 Å². The Bertz CT molecular complexity index is 2420. The van der Waals surface area contributed by atoms with Crippen LogP contribution in [0.15, 0.2) is 122 Å². The third kappa shape index (κ3) is 8.52. The lowest BCUT2D eigenvalue weighted by molar-refractivity contribution is -0.134. The summed E-state index contributed by atoms with van der Waals surface area (Å²) in [5.74, 6) is 1.30. The lowest BCUT2D eigenvalue weighted by Crippen LogP contribution is -2.42. The smallest absolute Gasteiger partial charge is 0.407 e. The van der Waals surface area contributed by atoms with Crippen molar-refractivity contribution in [3.63, 3.8) is 0 Å². The third-order valence-corrected chi connectivity index (χ3v) is 11.3. The van der Waals surface area contributed by atoms with Crippen LogP contribution in [0.3, 0.4) is 0 Å². The largest absolute Gasteiger partial charge is 0.453 e. The Morgan fingerprint density at radius 2 is 1.25 bits per heavy atom. The molecule has 2 fully saturated rings. The van der Waals surface area contributed by atoms with Crippen molar-refractivity contribution >= 4 is 29.7 Å². The molecule has 0 bridgehead atoms. The number of ether oxygens (including phenoxy) is 1. The van der Waals surface area contributed by atoms with E-state index in [1.54, 1.807) is 11.0 Å². The molecule has 300 valence electrons. The molecule has 12 heteroatoms. The molecule has 0 saturated carbocycles. The van der Waals surface area contributed by atoms with E-state index < -0.39 is 12.1 Å². The van der Waals surface area contributed by atoms with E-state index >= 15 is 0 Å². The first kappa shape index (κ1) is 38.9. The molecule has 6 aromatic rings. The zero-order valence-electron chi connectivity index (χ0n) is 33.5. The van der Waals surface area contributed by atoms with Gasteiger partial charge in [-0.3, -0.25) is 9.59 Å². The van der Waals surface area contributed by atoms with Gasteiger partial charge in [-0.25, -0.2) is 14.8 Å². The van der Waals surface area contributed by atoms with Gasteiger partial charge >= 0.3 is 6.09 Å². The van der Waals surface area contributed by atoms with Crippen LogP contribution >= 0.6 is 0 Å². The maximum atomic E-state index is 13.9. The first-order chi connectivity index (χ1) is 28.7. The molecule has 0 aliphatic carbocycles. The lowest BCUT2D eigenvalue weighted by atomic mass is 10.0. The highest BCUT2D eigenvalue weighted by Crippen LogP contribution is 2.35. The van der Waals surface area contributed by atoms with Gasteiger partial charge in [-0.05, 0) is 77.3 Å². The van der Waals surface area contributed by atoms with E-state index in [0.29, 0.717) is 24.5 Å². The van der Waals surface area contributed by atoms with E-state index in [-0.39, 0.29) is 23.9 Å². The molecular weight excluding hydrogens is 741 g/mol. The van der Waals surface area contributed by atoms with Crippen LogP contribution < -0.4 is 10.2 Å². The number of H-pyrrole nitrogens is 2. The first-order valence-corrected chi connectivity index (χ1v) is 20.0. The second-order valence-electron chi connectivity index (χ2n) is 15.2. The molecule has 3 N–H and O–H groups in total. The molecule has 2 aliphatic heterocycles. The summed E-state index contributed by atoms with van der Waals surface area (Å²) in [6.45, 7) is 1.26. The second kappa shape index (κ2) is 17.3. The number of carbonyl (C=O) groups is 3. The van der Waals surface area contributed by atoms with Crippen molar-refractivity contribution < 1.29 is 19.1 Å². The molecule has 0 radical (unpaired) electrons. The highest BCUT2D eigenvalue weighted by atomic mass is 16.5. The van der Waals surface area contributed by atoms with Crippen molar-refractivity contribution in [1.29, 1.82) is 0 Å². The SMILES string of the molecule is COC(=O)N[C@@H](C(=O)N1CCC[C@H]1c1ncc(-c2ccc(-c3ccc(-c4cnc([C@@H]5CCCN5C(=O)/C=C/c5ccc(N(C)C)cc5)[nH]4)cc3)cc2)[nH]1)c1ccccc1. The van der Waals surface area contributed by atoms with Gasteiger partial charge in [0.25, 0.3) is 5.91 Å². The van der Waals surface area contributed by atoms with Gasteiger partial charge in [0.1, 0.15) is 17.7 Å². The molecule has 2 aliphatic rings. The average molecular weight is 789 g/mol. The quantitative estimate of drug-likeness (QED) is 0.112. The number of aromatic nitrogens is 4. The number of nitrogens with zero attached hydrogens (tertiary/aromatic N) is 5. The maximum Gasteiger partial charge on any atom is 0.407 e. The minimum absolute atomic E-state index is 0.0125. The van der Waals surface area contributed by atoms with Crippen LogP contribution in [0, 0.1) is 0 Å². The number of methoxy groups -OCH3 is 1. The van der Waals surface area contributed by atoms with E-state index in [1.807, 2.05) is 97.0 Å². The molecule has 4 heterocycles. The summed E-state index contributed by atoms with van der Waals surface area (Å²) in [4.78, 5) is 61.5. The van der Waals surface area contributed by atoms with Gasteiger partial charge in [-0.2, -0.15) is 0 Å². The molecule has 0 unspecified atom stereocenters. The Labute approximate surface area is 344 Å². The normalized spacial score (nSPS) is 17.0. The number of nitrogens with one attached hydrogen (secondary N) is 3. The fraction of sp³-hybridized carbons (Fsp3) is 0.255. The number of hydrogen-bond acceptors (Lipinski definition) is 7. The summed E-state index contributed by atoms with van der Waals surface area (Å²) < 4.78 is 4.83. The van der Waals surface area contributed by atoms with E-state index in [4.69, 9.17) is 14.7 Å². The van der Waals surface area contributed by atoms with Gasteiger partial charge in [0, 0.05) is 38.9 Å². The van der Waals surface area contributed by atoms with Gasteiger partial charge < -0.3 is 34.7 Å². The van der Waals surface area contributed by atoms with E-state index in [1.165, 1.54) is 7.11 Å². The number of alkyl carbamates (subject to hydrolysis) is 1. The monoisotopic (exact) mass is 788 g/mol. The fourth-order valence-electron chi connectivity index (χ4n) is 8.04. The Morgan fingerprint density at radius 1 is 0.729 bits per heavy atom. The van der Waals surface area contributed by atoms with E-state index in [2.05, 4.69) is 63.8 Å². The standard InChI is InChI=1S/C47H48N8O4/c1-53(2)37-24-13-31(14-25-37)15-26-42(56)54-27-7-11-40(54)44-48-29-38(50-44)34-20-16-32(17-21-34)33-18-22-35(23-19-33)39-30-49-45(51-39)41-12-8-28-55(41)46(57)43(52-47(58)59-3)36-9-5-4-6-10-36/h4-6,9-10,13-26,29-30,40-41,43H,7-8,11-12,27-28H2,1-3H3,(H,48,50)(H,49,51)(H,52,58)/b26-15+/t40-,41-,43+/m0/s1. The van der Waals surface area contributed by atoms with Gasteiger partial charge in [-0.15, -0.1) is 0 Å². The molecule has 12 nitrogen and oxygen atoms in total. The first-order valence-electron chi connectivity index (χ1n) is 20.0. The topological polar surface area (TPSA) is 140 Å². The lowest BCUT2D eigenvalue weighted by Gasteiger charge is -2.28. The van der Waals surface area contributed by atoms with Gasteiger partial charge in [-0.1, -0.05) is 91.0 Å². The minimum Gasteiger partial charge on any atom is -0.453 e. The predicted molar refractivity (Wildman–Crippen MR) is 229 cm³/mol. The average Bonchev–Trinajstić information content (AvgIpc) is 4.12. The highest BCUT2D eigenvalue weighted by molar-refractivity contribution is 5.92. The number of rotatable bonds is 11. The van der Waals surface area contributed by atoms with Gasteiger partial charge in [0.15, 0.2) is 0 Å². The van der Waals surface area contributed by atoms with Crippen molar-refractivity contribution in [3.05, 3.63) is 144 Å². The van der Waals surface area contributed by atoms with Crippen molar-refractivity contribution in [2.24, 2.45) is 0 Å². The molecule has 2 aromatic heterocycles. The molecule has 3 amide bonds. The molecule has 3 atom stereocenters. The number of likely N-dealkylation sites (tertiary alicyclic amines) is 2. The molecule has 0 spiro atoms. The molecule has 59 heavy (non-hydrogen) atoms. The molecule has 8 rings (SSSR count). The maximum absolute atomic E-state index is 13.9. The van der Waals surface area contributed by atoms with Gasteiger partial charge in [0.05, 0.1) is 43.0 Å². The summed E-state index contributed by atoms with van der Waals surface area (Å²) in [7, 11) is 5.30. The Morgan fingerprint density at radius 3 is 1.80 bits per heavy atom. The van der Waals surface area contributed by atoms with Crippen LogP contribution in [-0.2, 0) is 14.3 Å². The Kier molecular flexibility index (Phi) is 11.4. The zero-order valence-corrected chi connectivity index (χ0v) is 33.5. The van der Waals surface area contributed by atoms with Crippen molar-refractivity contribution in [2.45, 2.75) is 43.8 Å². The number of amides is 3. The number of hydrogen-bond donors (Lipinski definition) is 3. The molecule has 2 saturated heterocycles. The minimum atomic E-state index is -0.872. The number of imidazole rings is 2. The number of carbonyl (C=O) groups excluding carboxylic acids is 3. The summed E-state index contributed by atoms with van der Waals surface area (Å²) in [6, 6.07) is 32.8. The summed E-state index contributed by atoms with van der Waals surface area (Å²) in [5, 5.41) is 2.72. The summed E-state index contributed by atoms with van der Waals surface area (Å²) >= 11 is 0. The van der Waals surface area contributed by atoms with Crippen molar-refractivity contribution in [3.8, 4) is 33.6 Å². The van der Waals surface area contributed by atoms with Gasteiger partial charge in [0.2, 0.25) is 5.91 Å². The Hall–Kier alpha value is -6.95. The van der Waals surface area contributed by atoms with Crippen LogP contribution in [0.1, 0.15) is 66.6 Å². The van der Waals surface area contributed by atoms with Crippen LogP contribution in [-0.4, -0.2) is 81.9 Å². The number of benzene rings is 4. The molecule has 4 aromatic carbocycles. The van der Waals surface area contributed by atoms with Crippen molar-refractivity contribution in [1.82, 2.24) is 35.1 Å². The second-order valence-corrected chi connectivity index (χ2v) is 15.2. The Balaban J connectivity index is 0.905. The van der Waals surface area contributed by atoms with Crippen LogP contribution in [0.4, 0.5) is 10.5 Å². The zero-order chi connectivity index (χ0) is 40.9. The van der Waals surface area contributed by atoms with Crippen LogP contribution in [0.25, 0.3) is 39.7 Å². The molecular formula is C47H48N8O4. The van der Waals surface area contributed by atoms with Crippen LogP contribution in [0.2, 0.25) is 0 Å². The van der Waals surface area contributed by atoms with Crippen LogP contribution in [0.5, 0.6) is 0 Å².